The number of carboxylic acid groups (broad SMARTS) is 1. The first kappa shape index (κ1) is 13.3. The van der Waals surface area contributed by atoms with Crippen molar-refractivity contribution >= 4 is 11.9 Å². The second kappa shape index (κ2) is 5.66. The third-order valence-electron chi connectivity index (χ3n) is 2.86. The maximum Gasteiger partial charge on any atom is 0.374 e. The normalized spacial score (nSPS) is 15.2. The van der Waals surface area contributed by atoms with Crippen molar-refractivity contribution in [2.24, 2.45) is 0 Å². The van der Waals surface area contributed by atoms with Crippen molar-refractivity contribution in [1.29, 1.82) is 0 Å². The number of amides is 1. The Morgan fingerprint density at radius 1 is 1.58 bits per heavy atom. The van der Waals surface area contributed by atoms with E-state index in [0.29, 0.717) is 19.7 Å². The van der Waals surface area contributed by atoms with E-state index in [-0.39, 0.29) is 17.4 Å². The Kier molecular flexibility index (Phi) is 3.96. The van der Waals surface area contributed by atoms with Crippen LogP contribution >= 0.6 is 0 Å². The van der Waals surface area contributed by atoms with Gasteiger partial charge in [-0.15, -0.1) is 0 Å². The molecule has 0 radical (unpaired) electrons. The van der Waals surface area contributed by atoms with Crippen LogP contribution in [0.15, 0.2) is 22.2 Å². The maximum atomic E-state index is 12.1. The highest BCUT2D eigenvalue weighted by atomic mass is 16.5. The van der Waals surface area contributed by atoms with Crippen molar-refractivity contribution < 1.29 is 24.0 Å². The first-order valence-corrected chi connectivity index (χ1v) is 5.78. The summed E-state index contributed by atoms with van der Waals surface area (Å²) < 4.78 is 9.59. The molecular formula is C12H14N2O5. The Labute approximate surface area is 109 Å². The molecule has 7 nitrogen and oxygen atoms in total. The molecule has 7 heteroatoms. The van der Waals surface area contributed by atoms with Crippen molar-refractivity contribution in [2.75, 3.05) is 26.8 Å². The molecule has 1 aromatic rings. The average Bonchev–Trinajstić information content (AvgIpc) is 2.89. The van der Waals surface area contributed by atoms with Crippen LogP contribution in [0.5, 0.6) is 0 Å². The SMILES string of the molecule is COCC1=CCN(C(=O)c2cc(C(=O)O)on2)CC1. The predicted octanol–water partition coefficient (Wildman–Crippen LogP) is 0.792. The van der Waals surface area contributed by atoms with Crippen LogP contribution in [0.2, 0.25) is 0 Å². The first-order valence-electron chi connectivity index (χ1n) is 5.78. The van der Waals surface area contributed by atoms with Crippen LogP contribution < -0.4 is 0 Å². The fourth-order valence-corrected chi connectivity index (χ4v) is 1.85. The molecule has 1 aliphatic rings. The summed E-state index contributed by atoms with van der Waals surface area (Å²) in [5.74, 6) is -1.91. The van der Waals surface area contributed by atoms with Gasteiger partial charge in [0.15, 0.2) is 5.69 Å². The smallest absolute Gasteiger partial charge is 0.374 e. The van der Waals surface area contributed by atoms with E-state index in [0.717, 1.165) is 18.1 Å². The molecule has 1 amide bonds. The Bertz CT molecular complexity index is 520. The third kappa shape index (κ3) is 3.00. The number of hydrogen-bond acceptors (Lipinski definition) is 5. The zero-order valence-electron chi connectivity index (χ0n) is 10.5. The summed E-state index contributed by atoms with van der Waals surface area (Å²) in [6.07, 6.45) is 2.67. The van der Waals surface area contributed by atoms with Crippen LogP contribution in [-0.2, 0) is 4.74 Å². The van der Waals surface area contributed by atoms with Crippen LogP contribution in [0.25, 0.3) is 0 Å². The van der Waals surface area contributed by atoms with E-state index in [2.05, 4.69) is 9.68 Å². The minimum Gasteiger partial charge on any atom is -0.475 e. The number of carbonyl (C=O) groups is 2. The van der Waals surface area contributed by atoms with Gasteiger partial charge in [0.1, 0.15) is 0 Å². The number of hydrogen-bond donors (Lipinski definition) is 1. The molecule has 19 heavy (non-hydrogen) atoms. The average molecular weight is 266 g/mol. The van der Waals surface area contributed by atoms with E-state index in [9.17, 15) is 9.59 Å². The number of methoxy groups -OCH3 is 1. The highest BCUT2D eigenvalue weighted by molar-refractivity contribution is 5.95. The molecule has 0 aromatic carbocycles. The lowest BCUT2D eigenvalue weighted by Crippen LogP contribution is -2.35. The number of aromatic carboxylic acids is 1. The molecule has 2 rings (SSSR count). The summed E-state index contributed by atoms with van der Waals surface area (Å²) in [4.78, 5) is 24.3. The van der Waals surface area contributed by atoms with E-state index in [1.165, 1.54) is 0 Å². The van der Waals surface area contributed by atoms with Crippen molar-refractivity contribution in [3.8, 4) is 0 Å². The van der Waals surface area contributed by atoms with Gasteiger partial charge in [-0.05, 0) is 12.0 Å². The molecule has 102 valence electrons. The first-order chi connectivity index (χ1) is 9.11. The second-order valence-corrected chi connectivity index (χ2v) is 4.18. The number of carboxylic acids is 1. The van der Waals surface area contributed by atoms with Crippen LogP contribution in [0.1, 0.15) is 27.5 Å². The number of nitrogens with zero attached hydrogens (tertiary/aromatic N) is 2. The van der Waals surface area contributed by atoms with Gasteiger partial charge in [-0.2, -0.15) is 0 Å². The number of rotatable bonds is 4. The van der Waals surface area contributed by atoms with E-state index in [4.69, 9.17) is 9.84 Å². The molecule has 1 aromatic heterocycles. The Morgan fingerprint density at radius 3 is 2.89 bits per heavy atom. The summed E-state index contributed by atoms with van der Waals surface area (Å²) in [6, 6.07) is 1.14. The van der Waals surface area contributed by atoms with Crippen molar-refractivity contribution in [3.05, 3.63) is 29.2 Å². The van der Waals surface area contributed by atoms with Gasteiger partial charge < -0.3 is 19.3 Å². The lowest BCUT2D eigenvalue weighted by molar-refractivity contribution is 0.0649. The lowest BCUT2D eigenvalue weighted by Gasteiger charge is -2.25. The molecule has 1 aliphatic heterocycles. The Hall–Kier alpha value is -2.15. The third-order valence-corrected chi connectivity index (χ3v) is 2.86. The topological polar surface area (TPSA) is 92.9 Å². The van der Waals surface area contributed by atoms with E-state index < -0.39 is 5.97 Å². The maximum absolute atomic E-state index is 12.1. The van der Waals surface area contributed by atoms with E-state index in [1.807, 2.05) is 6.08 Å². The molecule has 0 atom stereocenters. The highest BCUT2D eigenvalue weighted by Gasteiger charge is 2.23. The molecule has 2 heterocycles. The number of aromatic nitrogens is 1. The van der Waals surface area contributed by atoms with Gasteiger partial charge in [0.25, 0.3) is 5.91 Å². The van der Waals surface area contributed by atoms with Crippen molar-refractivity contribution in [3.63, 3.8) is 0 Å². The van der Waals surface area contributed by atoms with Crippen LogP contribution in [-0.4, -0.2) is 53.8 Å². The van der Waals surface area contributed by atoms with Gasteiger partial charge >= 0.3 is 5.97 Å². The molecule has 0 spiro atoms. The molecule has 0 unspecified atom stereocenters. The predicted molar refractivity (Wildman–Crippen MR) is 63.9 cm³/mol. The monoisotopic (exact) mass is 266 g/mol. The van der Waals surface area contributed by atoms with E-state index in [1.54, 1.807) is 12.0 Å². The van der Waals surface area contributed by atoms with E-state index >= 15 is 0 Å². The fraction of sp³-hybridized carbons (Fsp3) is 0.417. The molecule has 0 saturated carbocycles. The van der Waals surface area contributed by atoms with Crippen molar-refractivity contribution in [2.45, 2.75) is 6.42 Å². The molecule has 0 fully saturated rings. The highest BCUT2D eigenvalue weighted by Crippen LogP contribution is 2.14. The summed E-state index contributed by atoms with van der Waals surface area (Å²) in [6.45, 7) is 1.59. The molecule has 0 aliphatic carbocycles. The standard InChI is InChI=1S/C12H14N2O5/c1-18-7-8-2-4-14(5-3-8)11(15)9-6-10(12(16)17)19-13-9/h2,6H,3-5,7H2,1H3,(H,16,17). The minimum absolute atomic E-state index is 0.0148. The van der Waals surface area contributed by atoms with Gasteiger partial charge in [-0.3, -0.25) is 4.79 Å². The quantitative estimate of drug-likeness (QED) is 0.810. The largest absolute Gasteiger partial charge is 0.475 e. The van der Waals surface area contributed by atoms with Gasteiger partial charge in [0.2, 0.25) is 5.76 Å². The second-order valence-electron chi connectivity index (χ2n) is 4.18. The van der Waals surface area contributed by atoms with Gasteiger partial charge in [-0.1, -0.05) is 11.2 Å². The van der Waals surface area contributed by atoms with Gasteiger partial charge in [-0.25, -0.2) is 4.79 Å². The van der Waals surface area contributed by atoms with Crippen LogP contribution in [0.3, 0.4) is 0 Å². The van der Waals surface area contributed by atoms with Crippen LogP contribution in [0, 0.1) is 0 Å². The number of ether oxygens (including phenoxy) is 1. The van der Waals surface area contributed by atoms with Crippen molar-refractivity contribution in [1.82, 2.24) is 10.1 Å². The zero-order valence-corrected chi connectivity index (χ0v) is 10.5. The molecule has 0 saturated heterocycles. The van der Waals surface area contributed by atoms with Gasteiger partial charge in [0, 0.05) is 26.3 Å². The Morgan fingerprint density at radius 2 is 2.37 bits per heavy atom. The Balaban J connectivity index is 2.02. The summed E-state index contributed by atoms with van der Waals surface area (Å²) in [5, 5.41) is 12.2. The lowest BCUT2D eigenvalue weighted by atomic mass is 10.1. The molecule has 1 N–H and O–H groups in total. The molecular weight excluding hydrogens is 252 g/mol. The van der Waals surface area contributed by atoms with Gasteiger partial charge in [0.05, 0.1) is 6.61 Å². The minimum atomic E-state index is -1.24. The number of carbonyl (C=O) groups excluding carboxylic acids is 1. The zero-order chi connectivity index (χ0) is 13.8. The summed E-state index contributed by atoms with van der Waals surface area (Å²) in [7, 11) is 1.63. The summed E-state index contributed by atoms with van der Waals surface area (Å²) >= 11 is 0. The fourth-order valence-electron chi connectivity index (χ4n) is 1.85. The molecule has 0 bridgehead atoms. The summed E-state index contributed by atoms with van der Waals surface area (Å²) in [5.41, 5.74) is 1.17. The van der Waals surface area contributed by atoms with Crippen LogP contribution in [0.4, 0.5) is 0 Å².